The van der Waals surface area contributed by atoms with Gasteiger partial charge in [0.25, 0.3) is 6.43 Å². The summed E-state index contributed by atoms with van der Waals surface area (Å²) in [5.74, 6) is 2.03. The Morgan fingerprint density at radius 2 is 1.58 bits per heavy atom. The highest BCUT2D eigenvalue weighted by atomic mass is 32.2. The molecule has 2 aromatic carbocycles. The second-order valence-electron chi connectivity index (χ2n) is 7.29. The topological polar surface area (TPSA) is 90.4 Å². The number of fused-ring (bicyclic) bond motifs is 1. The van der Waals surface area contributed by atoms with Crippen LogP contribution in [0, 0.1) is 23.5 Å². The summed E-state index contributed by atoms with van der Waals surface area (Å²) in [6.45, 7) is 0. The first-order valence-electron chi connectivity index (χ1n) is 9.64. The molecule has 4 rings (SSSR count). The summed E-state index contributed by atoms with van der Waals surface area (Å²) in [5.41, 5.74) is -2.51. The zero-order valence-electron chi connectivity index (χ0n) is 17.5. The summed E-state index contributed by atoms with van der Waals surface area (Å²) < 4.78 is 118. The molecule has 186 valence electrons. The normalized spacial score (nSPS) is 12.1. The summed E-state index contributed by atoms with van der Waals surface area (Å²) in [6, 6.07) is 5.44. The molecule has 0 saturated carbocycles. The van der Waals surface area contributed by atoms with Gasteiger partial charge in [0.2, 0.25) is 10.0 Å². The molecule has 0 aliphatic rings. The van der Waals surface area contributed by atoms with Gasteiger partial charge in [0.05, 0.1) is 28.6 Å². The van der Waals surface area contributed by atoms with E-state index in [0.717, 1.165) is 41.0 Å². The van der Waals surface area contributed by atoms with E-state index in [1.165, 1.54) is 0 Å². The van der Waals surface area contributed by atoms with E-state index in [0.29, 0.717) is 6.07 Å². The monoisotopic (exact) mass is 528 g/mol. The maximum atomic E-state index is 14.1. The number of nitrogens with two attached hydrogens (primary N) is 1. The third-order valence-corrected chi connectivity index (χ3v) is 5.82. The Balaban J connectivity index is 1.85. The minimum absolute atomic E-state index is 0.0925. The number of hydrogen-bond donors (Lipinski definition) is 1. The van der Waals surface area contributed by atoms with Crippen LogP contribution in [0.25, 0.3) is 16.9 Å². The lowest BCUT2D eigenvalue weighted by Crippen LogP contribution is -2.14. The van der Waals surface area contributed by atoms with E-state index in [2.05, 4.69) is 21.9 Å². The van der Waals surface area contributed by atoms with E-state index in [4.69, 9.17) is 5.14 Å². The van der Waals surface area contributed by atoms with E-state index in [9.17, 15) is 39.2 Å². The van der Waals surface area contributed by atoms with Crippen LogP contribution in [0.3, 0.4) is 0 Å². The van der Waals surface area contributed by atoms with Gasteiger partial charge in [0, 0.05) is 11.6 Å². The van der Waals surface area contributed by atoms with Gasteiger partial charge in [-0.05, 0) is 24.3 Å². The van der Waals surface area contributed by atoms with Crippen molar-refractivity contribution in [3.63, 3.8) is 0 Å². The maximum absolute atomic E-state index is 14.1. The fourth-order valence-corrected chi connectivity index (χ4v) is 3.80. The number of benzene rings is 2. The third-order valence-electron chi connectivity index (χ3n) is 4.89. The van der Waals surface area contributed by atoms with Gasteiger partial charge in [-0.1, -0.05) is 24.0 Å². The second kappa shape index (κ2) is 8.92. The molecule has 0 bridgehead atoms. The largest absolute Gasteiger partial charge is 0.416 e. The van der Waals surface area contributed by atoms with Crippen molar-refractivity contribution in [2.75, 3.05) is 0 Å². The molecule has 0 unspecified atom stereocenters. The number of aromatic nitrogens is 3. The molecule has 14 heteroatoms. The van der Waals surface area contributed by atoms with E-state index >= 15 is 0 Å². The molecule has 0 saturated heterocycles. The molecule has 0 radical (unpaired) electrons. The first-order chi connectivity index (χ1) is 16.8. The van der Waals surface area contributed by atoms with Gasteiger partial charge in [-0.25, -0.2) is 40.6 Å². The fourth-order valence-electron chi connectivity index (χ4n) is 3.19. The number of halogens is 7. The average molecular weight is 528 g/mol. The van der Waals surface area contributed by atoms with E-state index in [1.54, 1.807) is 0 Å². The third kappa shape index (κ3) is 4.88. The number of hydrogen-bond acceptors (Lipinski definition) is 4. The predicted molar refractivity (Wildman–Crippen MR) is 112 cm³/mol. The summed E-state index contributed by atoms with van der Waals surface area (Å²) >= 11 is 0. The lowest BCUT2D eigenvalue weighted by Gasteiger charge is -2.10. The average Bonchev–Trinajstić information content (AvgIpc) is 3.19. The molecule has 2 N–H and O–H groups in total. The predicted octanol–water partition coefficient (Wildman–Crippen LogP) is 4.68. The Labute approximate surface area is 198 Å². The molecule has 4 aromatic rings. The van der Waals surface area contributed by atoms with Crippen LogP contribution >= 0.6 is 0 Å². The van der Waals surface area contributed by atoms with Crippen molar-refractivity contribution in [2.45, 2.75) is 17.5 Å². The van der Waals surface area contributed by atoms with Gasteiger partial charge >= 0.3 is 6.18 Å². The van der Waals surface area contributed by atoms with Crippen molar-refractivity contribution >= 4 is 15.7 Å². The van der Waals surface area contributed by atoms with Crippen LogP contribution < -0.4 is 5.14 Å². The summed E-state index contributed by atoms with van der Waals surface area (Å²) in [4.78, 5) is 3.16. The van der Waals surface area contributed by atoms with Gasteiger partial charge in [0.1, 0.15) is 22.2 Å². The van der Waals surface area contributed by atoms with E-state index < -0.39 is 56.0 Å². The van der Waals surface area contributed by atoms with Crippen molar-refractivity contribution in [3.05, 3.63) is 82.7 Å². The summed E-state index contributed by atoms with van der Waals surface area (Å²) in [7, 11) is -4.54. The lowest BCUT2D eigenvalue weighted by molar-refractivity contribution is -0.137. The van der Waals surface area contributed by atoms with Gasteiger partial charge < -0.3 is 0 Å². The molecule has 0 aliphatic carbocycles. The van der Waals surface area contributed by atoms with Gasteiger partial charge in [-0.2, -0.15) is 18.3 Å². The van der Waals surface area contributed by atoms with Crippen molar-refractivity contribution < 1.29 is 39.2 Å². The van der Waals surface area contributed by atoms with E-state index in [-0.39, 0.29) is 28.5 Å². The Bertz CT molecular complexity index is 1650. The lowest BCUT2D eigenvalue weighted by atomic mass is 10.1. The van der Waals surface area contributed by atoms with Crippen molar-refractivity contribution in [3.8, 4) is 23.1 Å². The number of alkyl halides is 5. The fraction of sp³-hybridized carbons (Fsp3) is 0.0909. The summed E-state index contributed by atoms with van der Waals surface area (Å²) in [5, 5.41) is 8.68. The summed E-state index contributed by atoms with van der Waals surface area (Å²) in [6.07, 6.45) is -6.63. The number of nitrogens with zero attached hydrogens (tertiary/aromatic N) is 3. The number of primary sulfonamides is 1. The smallest absolute Gasteiger partial charge is 0.227 e. The molecule has 0 fully saturated rings. The van der Waals surface area contributed by atoms with E-state index in [1.807, 2.05) is 0 Å². The van der Waals surface area contributed by atoms with Crippen LogP contribution in [-0.2, 0) is 16.2 Å². The Hall–Kier alpha value is -3.96. The SMILES string of the molecule is NS(=O)(=O)c1cc(C#Cc2cnn3c(C(F)F)cc(-c4ccc(C(F)(F)F)cc4)nc23)c(F)cc1F. The molecule has 0 spiro atoms. The zero-order chi connectivity index (χ0) is 26.4. The zero-order valence-corrected chi connectivity index (χ0v) is 18.3. The van der Waals surface area contributed by atoms with Crippen LogP contribution in [0.5, 0.6) is 0 Å². The highest BCUT2D eigenvalue weighted by Crippen LogP contribution is 2.32. The van der Waals surface area contributed by atoms with Crippen molar-refractivity contribution in [1.29, 1.82) is 0 Å². The molecule has 6 nitrogen and oxygen atoms in total. The molecule has 0 aliphatic heterocycles. The van der Waals surface area contributed by atoms with Crippen LogP contribution in [-0.4, -0.2) is 23.0 Å². The molecular weight excluding hydrogens is 517 g/mol. The molecule has 0 atom stereocenters. The number of sulfonamides is 1. The van der Waals surface area contributed by atoms with Crippen LogP contribution in [0.2, 0.25) is 0 Å². The molecule has 36 heavy (non-hydrogen) atoms. The van der Waals surface area contributed by atoms with Gasteiger partial charge in [0.15, 0.2) is 5.65 Å². The second-order valence-corrected chi connectivity index (χ2v) is 8.82. The maximum Gasteiger partial charge on any atom is 0.416 e. The minimum Gasteiger partial charge on any atom is -0.227 e. The van der Waals surface area contributed by atoms with Gasteiger partial charge in [-0.15, -0.1) is 0 Å². The Morgan fingerprint density at radius 3 is 2.17 bits per heavy atom. The van der Waals surface area contributed by atoms with Gasteiger partial charge in [-0.3, -0.25) is 0 Å². The molecular formula is C22H11F7N4O2S. The standard InChI is InChI=1S/C22H11F7N4O2S/c23-15-8-16(24)19(36(30,34)35)7-12(15)1-2-13-10-31-33-18(20(25)26)9-17(32-21(13)33)11-3-5-14(6-4-11)22(27,28)29/h3-10,20H,(H2,30,34,35). The van der Waals surface area contributed by atoms with Crippen LogP contribution in [0.15, 0.2) is 53.6 Å². The van der Waals surface area contributed by atoms with Crippen molar-refractivity contribution in [2.24, 2.45) is 5.14 Å². The molecule has 2 heterocycles. The van der Waals surface area contributed by atoms with Crippen molar-refractivity contribution in [1.82, 2.24) is 14.6 Å². The quantitative estimate of drug-likeness (QED) is 0.309. The number of rotatable bonds is 3. The van der Waals surface area contributed by atoms with Crippen LogP contribution in [0.1, 0.15) is 28.8 Å². The Morgan fingerprint density at radius 1 is 0.944 bits per heavy atom. The minimum atomic E-state index is -4.60. The first kappa shape index (κ1) is 25.1. The highest BCUT2D eigenvalue weighted by Gasteiger charge is 2.30. The molecule has 2 aromatic heterocycles. The Kier molecular flexibility index (Phi) is 6.23. The first-order valence-corrected chi connectivity index (χ1v) is 11.2. The van der Waals surface area contributed by atoms with Crippen LogP contribution in [0.4, 0.5) is 30.7 Å². The highest BCUT2D eigenvalue weighted by molar-refractivity contribution is 7.89. The molecule has 0 amide bonds.